The number of nitrogens with one attached hydrogen (secondary N) is 3. The van der Waals surface area contributed by atoms with Gasteiger partial charge in [0, 0.05) is 6.54 Å². The van der Waals surface area contributed by atoms with Crippen molar-refractivity contribution in [2.75, 3.05) is 13.1 Å². The smallest absolute Gasteiger partial charge is 0.243 e. The summed E-state index contributed by atoms with van der Waals surface area (Å²) in [5, 5.41) is 7.96. The lowest BCUT2D eigenvalue weighted by Gasteiger charge is -2.28. The number of hydrogen-bond donors (Lipinski definition) is 8. The lowest BCUT2D eigenvalue weighted by molar-refractivity contribution is -0.134. The Hall–Kier alpha value is -2.93. The molecule has 202 valence electrons. The van der Waals surface area contributed by atoms with Gasteiger partial charge in [-0.25, -0.2) is 0 Å². The van der Waals surface area contributed by atoms with E-state index in [0.29, 0.717) is 25.8 Å². The van der Waals surface area contributed by atoms with Gasteiger partial charge in [0.1, 0.15) is 18.1 Å². The van der Waals surface area contributed by atoms with Crippen molar-refractivity contribution in [3.63, 3.8) is 0 Å². The van der Waals surface area contributed by atoms with Crippen LogP contribution in [0.5, 0.6) is 0 Å². The average molecular weight is 500 g/mol. The molecule has 4 amide bonds. The summed E-state index contributed by atoms with van der Waals surface area (Å²) in [5.41, 5.74) is 27.5. The maximum atomic E-state index is 13.1. The number of primary amides is 1. The number of unbranched alkanes of at least 4 members (excludes halogenated alkanes) is 1. The zero-order valence-electron chi connectivity index (χ0n) is 21.4. The Balaban J connectivity index is 5.47. The number of carbonyl (C=O) groups is 4. The molecule has 13 nitrogen and oxygen atoms in total. The van der Waals surface area contributed by atoms with Crippen LogP contribution < -0.4 is 44.6 Å². The Morgan fingerprint density at radius 2 is 1.31 bits per heavy atom. The summed E-state index contributed by atoms with van der Waals surface area (Å²) in [7, 11) is 0. The van der Waals surface area contributed by atoms with Gasteiger partial charge in [0.05, 0.1) is 6.04 Å². The minimum Gasteiger partial charge on any atom is -0.370 e. The predicted octanol–water partition coefficient (Wildman–Crippen LogP) is -2.25. The quantitative estimate of drug-likeness (QED) is 0.0615. The number of hydrogen-bond acceptors (Lipinski definition) is 7. The van der Waals surface area contributed by atoms with Gasteiger partial charge < -0.3 is 44.6 Å². The van der Waals surface area contributed by atoms with Crippen molar-refractivity contribution < 1.29 is 19.2 Å². The molecule has 0 fully saturated rings. The topological polar surface area (TPSA) is 247 Å². The first-order valence-corrected chi connectivity index (χ1v) is 12.0. The Labute approximate surface area is 207 Å². The van der Waals surface area contributed by atoms with Crippen molar-refractivity contribution in [3.05, 3.63) is 0 Å². The van der Waals surface area contributed by atoms with E-state index < -0.39 is 47.8 Å². The predicted molar refractivity (Wildman–Crippen MR) is 135 cm³/mol. The van der Waals surface area contributed by atoms with Crippen LogP contribution in [0.3, 0.4) is 0 Å². The summed E-state index contributed by atoms with van der Waals surface area (Å²) in [6, 6.07) is -3.62. The molecule has 0 spiro atoms. The first kappa shape index (κ1) is 32.1. The van der Waals surface area contributed by atoms with E-state index in [4.69, 9.17) is 28.7 Å². The highest BCUT2D eigenvalue weighted by atomic mass is 16.2. The fraction of sp³-hybridized carbons (Fsp3) is 0.773. The molecule has 0 radical (unpaired) electrons. The maximum Gasteiger partial charge on any atom is 0.243 e. The van der Waals surface area contributed by atoms with Crippen molar-refractivity contribution in [1.82, 2.24) is 16.0 Å². The second-order valence-corrected chi connectivity index (χ2v) is 9.26. The standard InChI is InChI=1S/C22H45N9O4/c1-12(2)16(18(25)32)30-21(35)17(13(3)4)31-20(34)15(9-7-11-28-22(26)27)29-19(33)14(24)8-5-6-10-23/h12-17H,5-11,23-24H2,1-4H3,(H2,25,32)(H,29,33)(H,30,35)(H,31,34)(H4,26,27,28). The van der Waals surface area contributed by atoms with Crippen molar-refractivity contribution in [1.29, 1.82) is 0 Å². The van der Waals surface area contributed by atoms with Gasteiger partial charge in [0.25, 0.3) is 0 Å². The lowest BCUT2D eigenvalue weighted by atomic mass is 9.99. The van der Waals surface area contributed by atoms with Gasteiger partial charge in [-0.1, -0.05) is 34.1 Å². The van der Waals surface area contributed by atoms with Crippen LogP contribution in [-0.2, 0) is 19.2 Å². The Kier molecular flexibility index (Phi) is 15.3. The minimum absolute atomic E-state index is 0.0809. The molecular formula is C22H45N9O4. The SMILES string of the molecule is CC(C)C(NC(=O)C(NC(=O)C(CCCN=C(N)N)NC(=O)C(N)CCCCN)C(C)C)C(N)=O. The summed E-state index contributed by atoms with van der Waals surface area (Å²) in [5.74, 6) is -2.89. The van der Waals surface area contributed by atoms with Crippen LogP contribution >= 0.6 is 0 Å². The molecule has 0 saturated heterocycles. The van der Waals surface area contributed by atoms with Gasteiger partial charge in [-0.3, -0.25) is 24.2 Å². The summed E-state index contributed by atoms with van der Waals surface area (Å²) >= 11 is 0. The van der Waals surface area contributed by atoms with Crippen LogP contribution in [-0.4, -0.2) is 66.8 Å². The number of rotatable bonds is 17. The second-order valence-electron chi connectivity index (χ2n) is 9.26. The molecule has 13 N–H and O–H groups in total. The monoisotopic (exact) mass is 499 g/mol. The van der Waals surface area contributed by atoms with Crippen LogP contribution in [0, 0.1) is 11.8 Å². The van der Waals surface area contributed by atoms with E-state index in [1.165, 1.54) is 0 Å². The number of guanidine groups is 1. The Morgan fingerprint density at radius 1 is 0.743 bits per heavy atom. The maximum absolute atomic E-state index is 13.1. The van der Waals surface area contributed by atoms with Crippen LogP contribution in [0.15, 0.2) is 4.99 Å². The normalized spacial score (nSPS) is 14.5. The highest BCUT2D eigenvalue weighted by Crippen LogP contribution is 2.08. The number of carbonyl (C=O) groups excluding carboxylic acids is 4. The zero-order chi connectivity index (χ0) is 27.1. The Bertz CT molecular complexity index is 724. The van der Waals surface area contributed by atoms with Gasteiger partial charge >= 0.3 is 0 Å². The fourth-order valence-electron chi connectivity index (χ4n) is 3.29. The largest absolute Gasteiger partial charge is 0.370 e. The molecule has 0 aromatic carbocycles. The summed E-state index contributed by atoms with van der Waals surface area (Å²) in [4.78, 5) is 54.2. The molecule has 4 atom stereocenters. The van der Waals surface area contributed by atoms with Gasteiger partial charge in [0.2, 0.25) is 23.6 Å². The highest BCUT2D eigenvalue weighted by molar-refractivity contribution is 5.94. The van der Waals surface area contributed by atoms with Crippen molar-refractivity contribution >= 4 is 29.6 Å². The fourth-order valence-corrected chi connectivity index (χ4v) is 3.29. The molecule has 0 saturated carbocycles. The van der Waals surface area contributed by atoms with Crippen molar-refractivity contribution in [2.24, 2.45) is 45.5 Å². The van der Waals surface area contributed by atoms with Crippen LogP contribution in [0.1, 0.15) is 59.8 Å². The second kappa shape index (κ2) is 16.7. The first-order valence-electron chi connectivity index (χ1n) is 12.0. The number of amides is 4. The third-order valence-corrected chi connectivity index (χ3v) is 5.40. The lowest BCUT2D eigenvalue weighted by Crippen LogP contribution is -2.59. The van der Waals surface area contributed by atoms with Crippen molar-refractivity contribution in [2.45, 2.75) is 84.0 Å². The molecular weight excluding hydrogens is 454 g/mol. The molecule has 0 aromatic heterocycles. The van der Waals surface area contributed by atoms with E-state index in [1.54, 1.807) is 27.7 Å². The first-order chi connectivity index (χ1) is 16.3. The summed E-state index contributed by atoms with van der Waals surface area (Å²) < 4.78 is 0. The van der Waals surface area contributed by atoms with E-state index in [9.17, 15) is 19.2 Å². The molecule has 13 heteroatoms. The third kappa shape index (κ3) is 12.9. The minimum atomic E-state index is -0.969. The molecule has 0 heterocycles. The van der Waals surface area contributed by atoms with E-state index in [2.05, 4.69) is 20.9 Å². The molecule has 0 aliphatic heterocycles. The van der Waals surface area contributed by atoms with Crippen LogP contribution in [0.25, 0.3) is 0 Å². The Morgan fingerprint density at radius 3 is 1.80 bits per heavy atom. The molecule has 35 heavy (non-hydrogen) atoms. The third-order valence-electron chi connectivity index (χ3n) is 5.40. The molecule has 0 aliphatic carbocycles. The molecule has 0 aromatic rings. The summed E-state index contributed by atoms with van der Waals surface area (Å²) in [6.45, 7) is 7.75. The number of aliphatic imine (C=N–C) groups is 1. The molecule has 4 unspecified atom stereocenters. The molecule has 0 aliphatic rings. The van der Waals surface area contributed by atoms with E-state index >= 15 is 0 Å². The molecule has 0 bridgehead atoms. The van der Waals surface area contributed by atoms with E-state index in [-0.39, 0.29) is 30.8 Å². The van der Waals surface area contributed by atoms with E-state index in [1.807, 2.05) is 0 Å². The zero-order valence-corrected chi connectivity index (χ0v) is 21.4. The number of nitrogens with two attached hydrogens (primary N) is 5. The summed E-state index contributed by atoms with van der Waals surface area (Å²) in [6.07, 6.45) is 2.45. The average Bonchev–Trinajstić information content (AvgIpc) is 2.76. The molecule has 0 rings (SSSR count). The number of nitrogens with zero attached hydrogens (tertiary/aromatic N) is 1. The van der Waals surface area contributed by atoms with Gasteiger partial charge in [-0.05, 0) is 44.1 Å². The van der Waals surface area contributed by atoms with Gasteiger partial charge in [0.15, 0.2) is 5.96 Å². The van der Waals surface area contributed by atoms with Gasteiger partial charge in [-0.15, -0.1) is 0 Å². The highest BCUT2D eigenvalue weighted by Gasteiger charge is 2.32. The van der Waals surface area contributed by atoms with Crippen LogP contribution in [0.2, 0.25) is 0 Å². The van der Waals surface area contributed by atoms with Gasteiger partial charge in [-0.2, -0.15) is 0 Å². The van der Waals surface area contributed by atoms with Crippen molar-refractivity contribution in [3.8, 4) is 0 Å². The van der Waals surface area contributed by atoms with E-state index in [0.717, 1.165) is 6.42 Å². The van der Waals surface area contributed by atoms with Crippen LogP contribution in [0.4, 0.5) is 0 Å².